The van der Waals surface area contributed by atoms with Crippen LogP contribution in [0.15, 0.2) is 82.9 Å². The van der Waals surface area contributed by atoms with Gasteiger partial charge < -0.3 is 24.6 Å². The number of aliphatic imine (C=N–C) groups is 1. The molecule has 1 aliphatic heterocycles. The smallest absolute Gasteiger partial charge is 0.306 e. The second-order valence-corrected chi connectivity index (χ2v) is 12.5. The number of hydrogen-bond donors (Lipinski definition) is 2. The SMILES string of the molecule is CC(C)(C)OC(=O)CC[C@@]1(C(=O)NC2Cc3ccccc3C2)N=C(c2ccc(OCCCO)cc2)O[C@@H]1c1ccccc1N=[N+]=[N-]. The van der Waals surface area contributed by atoms with Crippen molar-refractivity contribution in [2.24, 2.45) is 10.1 Å². The van der Waals surface area contributed by atoms with Gasteiger partial charge in [-0.05, 0) is 81.0 Å². The van der Waals surface area contributed by atoms with Crippen LogP contribution in [0.25, 0.3) is 10.4 Å². The van der Waals surface area contributed by atoms with E-state index in [0.29, 0.717) is 48.4 Å². The molecule has 2 atom stereocenters. The highest BCUT2D eigenvalue weighted by atomic mass is 16.6. The molecule has 0 saturated heterocycles. The van der Waals surface area contributed by atoms with Gasteiger partial charge in [0.05, 0.1) is 6.61 Å². The van der Waals surface area contributed by atoms with Gasteiger partial charge in [0, 0.05) is 47.2 Å². The number of nitrogens with one attached hydrogen (secondary N) is 1. The van der Waals surface area contributed by atoms with Crippen molar-refractivity contribution in [3.8, 4) is 5.75 Å². The third-order valence-electron chi connectivity index (χ3n) is 7.92. The number of fused-ring (bicyclic) bond motifs is 1. The molecule has 0 radical (unpaired) electrons. The molecule has 1 heterocycles. The van der Waals surface area contributed by atoms with E-state index in [4.69, 9.17) is 24.3 Å². The Morgan fingerprint density at radius 1 is 1.07 bits per heavy atom. The summed E-state index contributed by atoms with van der Waals surface area (Å²) in [4.78, 5) is 35.6. The number of esters is 1. The Balaban J connectivity index is 1.55. The van der Waals surface area contributed by atoms with Crippen molar-refractivity contribution >= 4 is 23.5 Å². The minimum atomic E-state index is -1.60. The normalized spacial score (nSPS) is 19.0. The molecule has 0 aromatic heterocycles. The van der Waals surface area contributed by atoms with Gasteiger partial charge >= 0.3 is 5.97 Å². The summed E-state index contributed by atoms with van der Waals surface area (Å²) in [5.74, 6) is -0.0518. The van der Waals surface area contributed by atoms with Crippen LogP contribution in [0.1, 0.15) is 68.4 Å². The average Bonchev–Trinajstić information content (AvgIpc) is 3.62. The number of amides is 1. The van der Waals surface area contributed by atoms with E-state index in [2.05, 4.69) is 27.5 Å². The van der Waals surface area contributed by atoms with E-state index >= 15 is 0 Å². The number of aliphatic hydroxyl groups is 1. The van der Waals surface area contributed by atoms with Gasteiger partial charge in [-0.15, -0.1) is 0 Å². The summed E-state index contributed by atoms with van der Waals surface area (Å²) < 4.78 is 17.8. The lowest BCUT2D eigenvalue weighted by molar-refractivity contribution is -0.155. The van der Waals surface area contributed by atoms with Crippen molar-refractivity contribution < 1.29 is 28.9 Å². The summed E-state index contributed by atoms with van der Waals surface area (Å²) in [6, 6.07) is 21.9. The van der Waals surface area contributed by atoms with E-state index in [9.17, 15) is 15.1 Å². The van der Waals surface area contributed by atoms with Gasteiger partial charge in [-0.1, -0.05) is 53.6 Å². The number of aliphatic hydroxyl groups excluding tert-OH is 1. The highest BCUT2D eigenvalue weighted by Crippen LogP contribution is 2.46. The van der Waals surface area contributed by atoms with Crippen LogP contribution in [-0.4, -0.2) is 53.3 Å². The molecule has 11 heteroatoms. The standard InChI is InChI=1S/C35H39N5O6/c1-34(2,3)46-30(42)17-18-35(33(43)37-26-21-24-9-4-5-10-25(24)22-26)31(28-11-6-7-12-29(28)39-40-36)45-32(38-35)23-13-15-27(16-14-23)44-20-8-19-41/h4-7,9-16,26,31,41H,8,17-22H2,1-3H3,(H,37,43)/t31-,35-/m1/s1. The third-order valence-corrected chi connectivity index (χ3v) is 7.92. The van der Waals surface area contributed by atoms with E-state index in [1.165, 1.54) is 11.1 Å². The van der Waals surface area contributed by atoms with Crippen molar-refractivity contribution in [3.63, 3.8) is 0 Å². The Labute approximate surface area is 268 Å². The Bertz CT molecular complexity index is 1620. The molecule has 240 valence electrons. The minimum Gasteiger partial charge on any atom is -0.494 e. The number of azide groups is 1. The van der Waals surface area contributed by atoms with Crippen LogP contribution in [0.5, 0.6) is 5.75 Å². The van der Waals surface area contributed by atoms with Crippen LogP contribution in [0, 0.1) is 0 Å². The van der Waals surface area contributed by atoms with Gasteiger partial charge in [-0.25, -0.2) is 4.99 Å². The average molecular weight is 626 g/mol. The third kappa shape index (κ3) is 7.50. The quantitative estimate of drug-likeness (QED) is 0.0821. The van der Waals surface area contributed by atoms with Gasteiger partial charge in [0.1, 0.15) is 11.4 Å². The van der Waals surface area contributed by atoms with Crippen LogP contribution < -0.4 is 10.1 Å². The molecule has 2 aliphatic rings. The summed E-state index contributed by atoms with van der Waals surface area (Å²) in [5.41, 5.74) is 10.7. The highest BCUT2D eigenvalue weighted by Gasteiger charge is 2.54. The second-order valence-electron chi connectivity index (χ2n) is 12.5. The molecule has 3 aromatic carbocycles. The van der Waals surface area contributed by atoms with E-state index in [1.54, 1.807) is 69.3 Å². The first-order valence-corrected chi connectivity index (χ1v) is 15.5. The highest BCUT2D eigenvalue weighted by molar-refractivity contribution is 6.01. The molecular formula is C35H39N5O6. The molecule has 0 fully saturated rings. The Morgan fingerprint density at radius 3 is 2.39 bits per heavy atom. The number of nitrogens with zero attached hydrogens (tertiary/aromatic N) is 4. The Hall–Kier alpha value is -4.86. The summed E-state index contributed by atoms with van der Waals surface area (Å²) in [6.45, 7) is 5.76. The van der Waals surface area contributed by atoms with Crippen LogP contribution in [-0.2, 0) is 31.9 Å². The molecule has 46 heavy (non-hydrogen) atoms. The van der Waals surface area contributed by atoms with Crippen molar-refractivity contribution in [3.05, 3.63) is 105 Å². The Kier molecular flexibility index (Phi) is 9.94. The lowest BCUT2D eigenvalue weighted by Crippen LogP contribution is -2.52. The van der Waals surface area contributed by atoms with Crippen molar-refractivity contribution in [1.29, 1.82) is 0 Å². The molecule has 0 saturated carbocycles. The number of ether oxygens (including phenoxy) is 3. The predicted octanol–water partition coefficient (Wildman–Crippen LogP) is 6.05. The Morgan fingerprint density at radius 2 is 1.74 bits per heavy atom. The van der Waals surface area contributed by atoms with Crippen LogP contribution in [0.4, 0.5) is 5.69 Å². The summed E-state index contributed by atoms with van der Waals surface area (Å²) >= 11 is 0. The van der Waals surface area contributed by atoms with Gasteiger partial charge in [-0.2, -0.15) is 0 Å². The maximum Gasteiger partial charge on any atom is 0.306 e. The first kappa shape index (κ1) is 32.5. The number of carbonyl (C=O) groups excluding carboxylic acids is 2. The van der Waals surface area contributed by atoms with Gasteiger partial charge in [0.25, 0.3) is 5.91 Å². The van der Waals surface area contributed by atoms with E-state index in [1.807, 2.05) is 12.1 Å². The van der Waals surface area contributed by atoms with Gasteiger partial charge in [0.2, 0.25) is 5.90 Å². The zero-order valence-electron chi connectivity index (χ0n) is 26.3. The number of hydrogen-bond acceptors (Lipinski definition) is 8. The largest absolute Gasteiger partial charge is 0.494 e. The lowest BCUT2D eigenvalue weighted by Gasteiger charge is -2.32. The molecule has 2 N–H and O–H groups in total. The fourth-order valence-corrected chi connectivity index (χ4v) is 5.85. The fourth-order valence-electron chi connectivity index (χ4n) is 5.85. The van der Waals surface area contributed by atoms with Crippen molar-refractivity contribution in [1.82, 2.24) is 5.32 Å². The first-order valence-electron chi connectivity index (χ1n) is 15.5. The number of benzene rings is 3. The van der Waals surface area contributed by atoms with Crippen molar-refractivity contribution in [2.45, 2.75) is 76.2 Å². The molecule has 1 aliphatic carbocycles. The predicted molar refractivity (Wildman–Crippen MR) is 173 cm³/mol. The molecule has 0 spiro atoms. The van der Waals surface area contributed by atoms with Crippen LogP contribution in [0.3, 0.4) is 0 Å². The second kappa shape index (κ2) is 14.1. The van der Waals surface area contributed by atoms with E-state index in [0.717, 1.165) is 0 Å². The molecule has 5 rings (SSSR count). The fraction of sp³-hybridized carbons (Fsp3) is 0.400. The first-order chi connectivity index (χ1) is 22.1. The zero-order chi connectivity index (χ0) is 32.7. The van der Waals surface area contributed by atoms with Crippen LogP contribution >= 0.6 is 0 Å². The van der Waals surface area contributed by atoms with E-state index < -0.39 is 29.1 Å². The maximum atomic E-state index is 14.6. The monoisotopic (exact) mass is 625 g/mol. The number of rotatable bonds is 12. The molecule has 0 unspecified atom stereocenters. The topological polar surface area (TPSA) is 155 Å². The molecule has 3 aromatic rings. The minimum absolute atomic E-state index is 0.0193. The summed E-state index contributed by atoms with van der Waals surface area (Å²) in [6.07, 6.45) is 0.696. The number of carbonyl (C=O) groups is 2. The molecule has 1 amide bonds. The molecule has 0 bridgehead atoms. The molecule has 11 nitrogen and oxygen atoms in total. The van der Waals surface area contributed by atoms with Gasteiger partial charge in [0.15, 0.2) is 11.6 Å². The van der Waals surface area contributed by atoms with Crippen molar-refractivity contribution in [2.75, 3.05) is 13.2 Å². The summed E-state index contributed by atoms with van der Waals surface area (Å²) in [7, 11) is 0. The summed E-state index contributed by atoms with van der Waals surface area (Å²) in [5, 5.41) is 16.2. The maximum absolute atomic E-state index is 14.6. The molecular weight excluding hydrogens is 586 g/mol. The van der Waals surface area contributed by atoms with Gasteiger partial charge in [-0.3, -0.25) is 9.59 Å². The van der Waals surface area contributed by atoms with E-state index in [-0.39, 0.29) is 31.4 Å². The zero-order valence-corrected chi connectivity index (χ0v) is 26.3. The van der Waals surface area contributed by atoms with Crippen LogP contribution in [0.2, 0.25) is 0 Å². The lowest BCUT2D eigenvalue weighted by atomic mass is 9.82.